The topological polar surface area (TPSA) is 92.0 Å². The number of carbonyl (C=O) groups is 1. The van der Waals surface area contributed by atoms with Gasteiger partial charge in [-0.1, -0.05) is 19.1 Å². The van der Waals surface area contributed by atoms with Crippen LogP contribution in [-0.4, -0.2) is 40.4 Å². The number of rotatable bonds is 9. The van der Waals surface area contributed by atoms with E-state index >= 15 is 0 Å². The molecule has 0 aliphatic carbocycles. The van der Waals surface area contributed by atoms with Crippen LogP contribution in [0.4, 0.5) is 5.69 Å². The molecule has 1 atom stereocenters. The van der Waals surface area contributed by atoms with Crippen molar-refractivity contribution in [3.8, 4) is 23.0 Å². The fourth-order valence-corrected chi connectivity index (χ4v) is 3.06. The Kier molecular flexibility index (Phi) is 8.12. The largest absolute Gasteiger partial charge is 0.495 e. The fourth-order valence-electron chi connectivity index (χ4n) is 3.06. The number of nitrogens with one attached hydrogen (secondary N) is 1. The number of amides is 1. The van der Waals surface area contributed by atoms with Crippen LogP contribution in [-0.2, 0) is 4.79 Å². The summed E-state index contributed by atoms with van der Waals surface area (Å²) < 4.78 is 21.8. The van der Waals surface area contributed by atoms with Crippen molar-refractivity contribution in [3.63, 3.8) is 0 Å². The summed E-state index contributed by atoms with van der Waals surface area (Å²) in [5.41, 5.74) is 8.99. The number of ether oxygens (including phenoxy) is 4. The quantitative estimate of drug-likeness (QED) is 0.648. The van der Waals surface area contributed by atoms with E-state index in [2.05, 4.69) is 18.3 Å². The predicted octanol–water partition coefficient (Wildman–Crippen LogP) is 3.85. The van der Waals surface area contributed by atoms with Gasteiger partial charge in [-0.2, -0.15) is 0 Å². The number of anilines is 1. The van der Waals surface area contributed by atoms with Gasteiger partial charge in [0.1, 0.15) is 5.75 Å². The summed E-state index contributed by atoms with van der Waals surface area (Å²) in [5.74, 6) is 1.91. The molecule has 2 rings (SSSR count). The highest BCUT2D eigenvalue weighted by molar-refractivity contribution is 5.96. The Balaban J connectivity index is 2.61. The molecule has 1 amide bonds. The Labute approximate surface area is 177 Å². The zero-order valence-electron chi connectivity index (χ0n) is 18.4. The lowest BCUT2D eigenvalue weighted by molar-refractivity contribution is -0.117. The van der Waals surface area contributed by atoms with E-state index in [1.54, 1.807) is 35.4 Å². The van der Waals surface area contributed by atoms with Gasteiger partial charge >= 0.3 is 0 Å². The first kappa shape index (κ1) is 23.1. The Morgan fingerprint density at radius 2 is 1.57 bits per heavy atom. The third kappa shape index (κ3) is 5.04. The Bertz CT molecular complexity index is 897. The second-order valence-corrected chi connectivity index (χ2v) is 6.63. The molecule has 0 aliphatic heterocycles. The maximum atomic E-state index is 12.1. The summed E-state index contributed by atoms with van der Waals surface area (Å²) in [7, 11) is 6.29. The van der Waals surface area contributed by atoms with Crippen molar-refractivity contribution in [2.75, 3.05) is 33.8 Å². The van der Waals surface area contributed by atoms with Crippen molar-refractivity contribution in [2.45, 2.75) is 26.3 Å². The van der Waals surface area contributed by atoms with E-state index in [1.807, 2.05) is 30.3 Å². The number of hydrogen-bond acceptors (Lipinski definition) is 6. The van der Waals surface area contributed by atoms with Crippen LogP contribution in [0.1, 0.15) is 31.4 Å². The maximum absolute atomic E-state index is 12.1. The van der Waals surface area contributed by atoms with E-state index < -0.39 is 6.04 Å². The van der Waals surface area contributed by atoms with Gasteiger partial charge in [-0.15, -0.1) is 0 Å². The first-order valence-corrected chi connectivity index (χ1v) is 9.65. The molecule has 2 aromatic rings. The lowest BCUT2D eigenvalue weighted by Gasteiger charge is -2.18. The van der Waals surface area contributed by atoms with Crippen LogP contribution in [0.2, 0.25) is 0 Å². The molecule has 0 saturated carbocycles. The molecule has 0 saturated heterocycles. The van der Waals surface area contributed by atoms with Gasteiger partial charge in [0, 0.05) is 0 Å². The molecule has 0 heterocycles. The summed E-state index contributed by atoms with van der Waals surface area (Å²) >= 11 is 0. The van der Waals surface area contributed by atoms with Gasteiger partial charge in [0.25, 0.3) is 0 Å². The molecule has 2 aromatic carbocycles. The predicted molar refractivity (Wildman–Crippen MR) is 119 cm³/mol. The molecule has 0 bridgehead atoms. The lowest BCUT2D eigenvalue weighted by atomic mass is 9.95. The zero-order valence-corrected chi connectivity index (χ0v) is 18.4. The minimum absolute atomic E-state index is 0.292. The summed E-state index contributed by atoms with van der Waals surface area (Å²) in [4.78, 5) is 12.1. The number of nitrogens with two attached hydrogens (primary N) is 1. The molecule has 0 unspecified atom stereocenters. The molecule has 3 N–H and O–H groups in total. The van der Waals surface area contributed by atoms with Gasteiger partial charge < -0.3 is 30.0 Å². The minimum Gasteiger partial charge on any atom is -0.495 e. The van der Waals surface area contributed by atoms with Gasteiger partial charge in [0.15, 0.2) is 11.5 Å². The van der Waals surface area contributed by atoms with E-state index in [9.17, 15) is 4.79 Å². The molecule has 7 nitrogen and oxygen atoms in total. The second-order valence-electron chi connectivity index (χ2n) is 6.63. The molecule has 0 fully saturated rings. The maximum Gasteiger partial charge on any atom is 0.241 e. The summed E-state index contributed by atoms with van der Waals surface area (Å²) in [5, 5.41) is 2.83. The number of methoxy groups -OCH3 is 4. The van der Waals surface area contributed by atoms with Crippen LogP contribution in [0.25, 0.3) is 5.57 Å². The molecule has 7 heteroatoms. The highest BCUT2D eigenvalue weighted by atomic mass is 16.5. The van der Waals surface area contributed by atoms with Crippen molar-refractivity contribution in [2.24, 2.45) is 5.73 Å². The van der Waals surface area contributed by atoms with Crippen LogP contribution >= 0.6 is 0 Å². The van der Waals surface area contributed by atoms with Crippen molar-refractivity contribution >= 4 is 17.2 Å². The molecular weight excluding hydrogens is 384 g/mol. The van der Waals surface area contributed by atoms with Gasteiger partial charge in [0.2, 0.25) is 11.7 Å². The smallest absolute Gasteiger partial charge is 0.241 e. The number of benzene rings is 2. The van der Waals surface area contributed by atoms with Crippen LogP contribution in [0.15, 0.2) is 36.4 Å². The van der Waals surface area contributed by atoms with Crippen molar-refractivity contribution in [3.05, 3.63) is 47.5 Å². The number of allylic oxidation sites excluding steroid dienone is 1. The zero-order chi connectivity index (χ0) is 22.3. The third-order valence-corrected chi connectivity index (χ3v) is 4.57. The SMILES string of the molecule is CC/C=C(\c1ccc(OC)c(NC(=O)[C@H](C)N)c1)c1cc(OC)c(OC)c(OC)c1. The van der Waals surface area contributed by atoms with Gasteiger partial charge in [-0.25, -0.2) is 0 Å². The Hall–Kier alpha value is -3.19. The van der Waals surface area contributed by atoms with Crippen LogP contribution in [0.3, 0.4) is 0 Å². The van der Waals surface area contributed by atoms with Crippen molar-refractivity contribution in [1.82, 2.24) is 0 Å². The molecular formula is C23H30N2O5. The number of hydrogen-bond donors (Lipinski definition) is 2. The fraction of sp³-hybridized carbons (Fsp3) is 0.348. The third-order valence-electron chi connectivity index (χ3n) is 4.57. The highest BCUT2D eigenvalue weighted by Crippen LogP contribution is 2.42. The van der Waals surface area contributed by atoms with Gasteiger partial charge in [-0.3, -0.25) is 4.79 Å². The van der Waals surface area contributed by atoms with E-state index in [-0.39, 0.29) is 5.91 Å². The molecule has 30 heavy (non-hydrogen) atoms. The normalized spacial score (nSPS) is 12.2. The monoisotopic (exact) mass is 414 g/mol. The van der Waals surface area contributed by atoms with Gasteiger partial charge in [0.05, 0.1) is 40.2 Å². The van der Waals surface area contributed by atoms with Crippen molar-refractivity contribution in [1.29, 1.82) is 0 Å². The van der Waals surface area contributed by atoms with Crippen LogP contribution < -0.4 is 30.0 Å². The average Bonchev–Trinajstić information content (AvgIpc) is 2.76. The summed E-state index contributed by atoms with van der Waals surface area (Å²) in [6, 6.07) is 8.77. The summed E-state index contributed by atoms with van der Waals surface area (Å²) in [6.07, 6.45) is 2.90. The van der Waals surface area contributed by atoms with Crippen LogP contribution in [0, 0.1) is 0 Å². The summed E-state index contributed by atoms with van der Waals surface area (Å²) in [6.45, 7) is 3.68. The first-order chi connectivity index (χ1) is 14.4. The number of carbonyl (C=O) groups excluding carboxylic acids is 1. The Morgan fingerprint density at radius 1 is 0.967 bits per heavy atom. The second kappa shape index (κ2) is 10.5. The van der Waals surface area contributed by atoms with E-state index in [0.717, 1.165) is 23.1 Å². The first-order valence-electron chi connectivity index (χ1n) is 9.65. The lowest BCUT2D eigenvalue weighted by Crippen LogP contribution is -2.32. The molecule has 0 aliphatic rings. The van der Waals surface area contributed by atoms with E-state index in [1.165, 1.54) is 0 Å². The van der Waals surface area contributed by atoms with Gasteiger partial charge in [-0.05, 0) is 54.3 Å². The van der Waals surface area contributed by atoms with E-state index in [0.29, 0.717) is 28.7 Å². The minimum atomic E-state index is -0.640. The highest BCUT2D eigenvalue weighted by Gasteiger charge is 2.18. The standard InChI is InChI=1S/C23H30N2O5/c1-7-8-17(16-12-20(28-4)22(30-6)21(13-16)29-5)15-9-10-19(27-3)18(11-15)25-23(26)14(2)24/h8-14H,7,24H2,1-6H3,(H,25,26)/b17-8+/t14-/m0/s1. The van der Waals surface area contributed by atoms with Crippen molar-refractivity contribution < 1.29 is 23.7 Å². The van der Waals surface area contributed by atoms with E-state index in [4.69, 9.17) is 24.7 Å². The molecule has 0 radical (unpaired) electrons. The molecule has 0 aromatic heterocycles. The molecule has 162 valence electrons. The van der Waals surface area contributed by atoms with Crippen LogP contribution in [0.5, 0.6) is 23.0 Å². The Morgan fingerprint density at radius 3 is 2.03 bits per heavy atom. The average molecular weight is 415 g/mol. The molecule has 0 spiro atoms.